The van der Waals surface area contributed by atoms with E-state index in [-0.39, 0.29) is 0 Å². The van der Waals surface area contributed by atoms with Crippen LogP contribution >= 0.6 is 11.6 Å². The van der Waals surface area contributed by atoms with Crippen LogP contribution in [-0.2, 0) is 0 Å². The lowest BCUT2D eigenvalue weighted by atomic mass is 10.5. The van der Waals surface area contributed by atoms with Crippen molar-refractivity contribution in [1.82, 2.24) is 0 Å². The van der Waals surface area contributed by atoms with E-state index in [0.29, 0.717) is 12.3 Å². The molecule has 0 saturated heterocycles. The number of hydrogen-bond donors (Lipinski definition) is 2. The minimum Gasteiger partial charge on any atom is -0.481 e. The fraction of sp³-hybridized carbons (Fsp3) is 0.500. The molecule has 0 amide bonds. The van der Waals surface area contributed by atoms with Gasteiger partial charge in [0.05, 0.1) is 0 Å². The molecule has 0 aliphatic carbocycles. The first-order valence-electron chi connectivity index (χ1n) is 1.91. The van der Waals surface area contributed by atoms with E-state index in [1.54, 1.807) is 0 Å². The van der Waals surface area contributed by atoms with Gasteiger partial charge >= 0.3 is 0 Å². The highest BCUT2D eigenvalue weighted by atomic mass is 35.5. The molecule has 0 rings (SSSR count). The molecule has 3 heteroatoms. The van der Waals surface area contributed by atoms with Gasteiger partial charge in [-0.05, 0) is 12.5 Å². The van der Waals surface area contributed by atoms with E-state index < -0.39 is 5.95 Å². The topological polar surface area (TPSA) is 40.5 Å². The van der Waals surface area contributed by atoms with E-state index in [4.69, 9.17) is 21.8 Å². The van der Waals surface area contributed by atoms with Crippen molar-refractivity contribution in [2.45, 2.75) is 6.42 Å². The monoisotopic (exact) mass is 122 g/mol. The number of halogens is 1. The predicted molar refractivity (Wildman–Crippen MR) is 28.7 cm³/mol. The van der Waals surface area contributed by atoms with Crippen molar-refractivity contribution >= 4 is 11.6 Å². The Kier molecular flexibility index (Phi) is 3.61. The molecule has 42 valence electrons. The lowest BCUT2D eigenvalue weighted by Crippen LogP contribution is -1.75. The molecule has 0 radical (unpaired) electrons. The van der Waals surface area contributed by atoms with Crippen molar-refractivity contribution < 1.29 is 10.2 Å². The summed E-state index contributed by atoms with van der Waals surface area (Å²) < 4.78 is 0. The Hall–Kier alpha value is -0.370. The summed E-state index contributed by atoms with van der Waals surface area (Å²) in [6.45, 7) is 0. The largest absolute Gasteiger partial charge is 0.481 e. The van der Waals surface area contributed by atoms with Crippen molar-refractivity contribution in [3.63, 3.8) is 0 Å². The van der Waals surface area contributed by atoms with Gasteiger partial charge in [-0.25, -0.2) is 0 Å². The molecule has 2 nitrogen and oxygen atoms in total. The number of allylic oxidation sites excluding steroid dienone is 1. The van der Waals surface area contributed by atoms with Gasteiger partial charge in [0.15, 0.2) is 0 Å². The van der Waals surface area contributed by atoms with Gasteiger partial charge < -0.3 is 10.2 Å². The van der Waals surface area contributed by atoms with Gasteiger partial charge in [-0.2, -0.15) is 0 Å². The van der Waals surface area contributed by atoms with E-state index in [0.717, 1.165) is 0 Å². The van der Waals surface area contributed by atoms with Crippen molar-refractivity contribution in [3.05, 3.63) is 12.0 Å². The number of aliphatic hydroxyl groups excluding tert-OH is 1. The first kappa shape index (κ1) is 6.63. The van der Waals surface area contributed by atoms with Gasteiger partial charge in [-0.15, -0.1) is 11.6 Å². The molecule has 0 heterocycles. The normalized spacial score (nSPS) is 8.14. The number of alkyl halides is 1. The Morgan fingerprint density at radius 3 is 2.29 bits per heavy atom. The zero-order valence-corrected chi connectivity index (χ0v) is 4.52. The first-order valence-corrected chi connectivity index (χ1v) is 2.45. The molecule has 0 fully saturated rings. The van der Waals surface area contributed by atoms with E-state index in [1.165, 1.54) is 6.08 Å². The zero-order valence-electron chi connectivity index (χ0n) is 3.76. The van der Waals surface area contributed by atoms with Crippen LogP contribution in [0.2, 0.25) is 0 Å². The van der Waals surface area contributed by atoms with Crippen LogP contribution in [-0.4, -0.2) is 16.1 Å². The van der Waals surface area contributed by atoms with Gasteiger partial charge in [0.2, 0.25) is 0 Å². The van der Waals surface area contributed by atoms with Crippen molar-refractivity contribution in [3.8, 4) is 0 Å². The third-order valence-corrected chi connectivity index (χ3v) is 0.654. The maximum absolute atomic E-state index is 8.04. The van der Waals surface area contributed by atoms with Crippen LogP contribution in [0.25, 0.3) is 0 Å². The fourth-order valence-electron chi connectivity index (χ4n) is 0.184. The average Bonchev–Trinajstić information content (AvgIpc) is 1.61. The summed E-state index contributed by atoms with van der Waals surface area (Å²) in [4.78, 5) is 0. The molecule has 0 aromatic carbocycles. The second-order valence-corrected chi connectivity index (χ2v) is 1.42. The van der Waals surface area contributed by atoms with Crippen molar-refractivity contribution in [2.75, 3.05) is 5.88 Å². The van der Waals surface area contributed by atoms with Gasteiger partial charge in [0, 0.05) is 5.88 Å². The van der Waals surface area contributed by atoms with Gasteiger partial charge in [-0.1, -0.05) is 0 Å². The summed E-state index contributed by atoms with van der Waals surface area (Å²) in [6.07, 6.45) is 1.75. The third-order valence-electron chi connectivity index (χ3n) is 0.436. The van der Waals surface area contributed by atoms with E-state index in [2.05, 4.69) is 0 Å². The second-order valence-electron chi connectivity index (χ2n) is 1.04. The average molecular weight is 123 g/mol. The molecule has 7 heavy (non-hydrogen) atoms. The standard InChI is InChI=1S/C4H7ClO2/c5-3-1-2-4(6)7/h2,6-7H,1,3H2. The van der Waals surface area contributed by atoms with E-state index in [1.807, 2.05) is 0 Å². The summed E-state index contributed by atoms with van der Waals surface area (Å²) in [5, 5.41) is 16.1. The van der Waals surface area contributed by atoms with Gasteiger partial charge in [0.25, 0.3) is 5.95 Å². The minimum atomic E-state index is -0.652. The molecule has 0 bridgehead atoms. The number of rotatable bonds is 2. The summed E-state index contributed by atoms with van der Waals surface area (Å²) >= 11 is 5.18. The summed E-state index contributed by atoms with van der Waals surface area (Å²) in [7, 11) is 0. The Morgan fingerprint density at radius 2 is 2.14 bits per heavy atom. The van der Waals surface area contributed by atoms with Crippen LogP contribution in [0.1, 0.15) is 6.42 Å². The van der Waals surface area contributed by atoms with Crippen LogP contribution in [0.3, 0.4) is 0 Å². The highest BCUT2D eigenvalue weighted by Crippen LogP contribution is 1.88. The Labute approximate surface area is 47.0 Å². The molecule has 0 aliphatic heterocycles. The smallest absolute Gasteiger partial charge is 0.269 e. The molecular formula is C4H7ClO2. The van der Waals surface area contributed by atoms with Crippen LogP contribution in [0, 0.1) is 0 Å². The van der Waals surface area contributed by atoms with E-state index >= 15 is 0 Å². The van der Waals surface area contributed by atoms with Crippen LogP contribution in [0.4, 0.5) is 0 Å². The first-order chi connectivity index (χ1) is 3.27. The molecule has 2 N–H and O–H groups in total. The number of aliphatic hydroxyl groups is 2. The van der Waals surface area contributed by atoms with Gasteiger partial charge in [0.1, 0.15) is 0 Å². The summed E-state index contributed by atoms with van der Waals surface area (Å²) in [6, 6.07) is 0. The van der Waals surface area contributed by atoms with E-state index in [9.17, 15) is 0 Å². The molecule has 0 saturated carbocycles. The third kappa shape index (κ3) is 5.63. The Balaban J connectivity index is 3.08. The highest BCUT2D eigenvalue weighted by molar-refractivity contribution is 6.17. The SMILES string of the molecule is OC(O)=CCCCl. The van der Waals surface area contributed by atoms with Crippen LogP contribution < -0.4 is 0 Å². The lowest BCUT2D eigenvalue weighted by molar-refractivity contribution is 0.189. The van der Waals surface area contributed by atoms with Crippen molar-refractivity contribution in [1.29, 1.82) is 0 Å². The van der Waals surface area contributed by atoms with Crippen LogP contribution in [0.15, 0.2) is 12.0 Å². The summed E-state index contributed by atoms with van der Waals surface area (Å²) in [5.74, 6) is -0.231. The fourth-order valence-corrected chi connectivity index (χ4v) is 0.293. The lowest BCUT2D eigenvalue weighted by Gasteiger charge is -1.82. The Bertz CT molecular complexity index is 66.1. The molecule has 0 aromatic heterocycles. The predicted octanol–water partition coefficient (Wildman–Crippen LogP) is 1.57. The molecule has 0 unspecified atom stereocenters. The van der Waals surface area contributed by atoms with Crippen LogP contribution in [0.5, 0.6) is 0 Å². The molecule has 0 atom stereocenters. The molecule has 0 aliphatic rings. The number of hydrogen-bond acceptors (Lipinski definition) is 2. The zero-order chi connectivity index (χ0) is 5.70. The molecular weight excluding hydrogens is 115 g/mol. The Morgan fingerprint density at radius 1 is 1.57 bits per heavy atom. The van der Waals surface area contributed by atoms with Gasteiger partial charge in [-0.3, -0.25) is 0 Å². The molecule has 0 spiro atoms. The summed E-state index contributed by atoms with van der Waals surface area (Å²) in [5.41, 5.74) is 0. The molecule has 0 aromatic rings. The van der Waals surface area contributed by atoms with Crippen molar-refractivity contribution in [2.24, 2.45) is 0 Å². The second kappa shape index (κ2) is 3.81. The maximum atomic E-state index is 8.04. The maximum Gasteiger partial charge on any atom is 0.269 e. The quantitative estimate of drug-likeness (QED) is 0.431. The minimum absolute atomic E-state index is 0.421. The highest BCUT2D eigenvalue weighted by Gasteiger charge is 1.79.